The number of rotatable bonds is 5. The van der Waals surface area contributed by atoms with E-state index in [4.69, 9.17) is 0 Å². The van der Waals surface area contributed by atoms with Crippen molar-refractivity contribution >= 4 is 43.6 Å². The Morgan fingerprint density at radius 2 is 1.46 bits per heavy atom. The zero-order valence-electron chi connectivity index (χ0n) is 12.8. The average Bonchev–Trinajstić information content (AvgIpc) is 2.61. The molecule has 0 N–H and O–H groups in total. The Hall–Kier alpha value is -1.30. The van der Waals surface area contributed by atoms with Gasteiger partial charge in [0.15, 0.2) is 0 Å². The van der Waals surface area contributed by atoms with Gasteiger partial charge in [-0.05, 0) is 43.0 Å². The van der Waals surface area contributed by atoms with Gasteiger partial charge in [0.1, 0.15) is 0 Å². The fraction of sp³-hybridized carbons (Fsp3) is 0.105. The molecule has 0 aliphatic heterocycles. The maximum Gasteiger partial charge on any atom is 0.266 e. The van der Waals surface area contributed by atoms with E-state index >= 15 is 0 Å². The molecule has 1 aromatic heterocycles. The minimum absolute atomic E-state index is 0.0161. The third kappa shape index (κ3) is 4.21. The first-order valence-electron chi connectivity index (χ1n) is 7.44. The predicted octanol–water partition coefficient (Wildman–Crippen LogP) is 5.71. The van der Waals surface area contributed by atoms with Crippen LogP contribution in [0.1, 0.15) is 11.1 Å². The highest BCUT2D eigenvalue weighted by Gasteiger charge is 2.13. The molecule has 0 amide bonds. The van der Waals surface area contributed by atoms with Crippen molar-refractivity contribution in [3.8, 4) is 0 Å². The van der Waals surface area contributed by atoms with Crippen LogP contribution in [0.2, 0.25) is 0 Å². The lowest BCUT2D eigenvalue weighted by atomic mass is 10.2. The second-order valence-electron chi connectivity index (χ2n) is 5.31. The monoisotopic (exact) mass is 463 g/mol. The fourth-order valence-corrected chi connectivity index (χ4v) is 5.09. The SMILES string of the molecule is O=c1c(Br)c(SCc2ccccc2)c(Br)cn1Cc1ccccc1. The van der Waals surface area contributed by atoms with Gasteiger partial charge in [-0.3, -0.25) is 4.79 Å². The summed E-state index contributed by atoms with van der Waals surface area (Å²) in [5.74, 6) is 0.820. The van der Waals surface area contributed by atoms with Crippen LogP contribution in [0.5, 0.6) is 0 Å². The summed E-state index contributed by atoms with van der Waals surface area (Å²) in [6.45, 7) is 0.556. The molecule has 0 saturated heterocycles. The van der Waals surface area contributed by atoms with E-state index in [1.807, 2.05) is 54.7 Å². The Labute approximate surface area is 162 Å². The van der Waals surface area contributed by atoms with Gasteiger partial charge in [-0.1, -0.05) is 60.7 Å². The highest BCUT2D eigenvalue weighted by molar-refractivity contribution is 9.11. The molecule has 3 aromatic rings. The topological polar surface area (TPSA) is 22.0 Å². The van der Waals surface area contributed by atoms with Crippen LogP contribution in [0.15, 0.2) is 85.5 Å². The van der Waals surface area contributed by atoms with Crippen molar-refractivity contribution in [2.45, 2.75) is 17.2 Å². The molecular weight excluding hydrogens is 450 g/mol. The molecule has 5 heteroatoms. The van der Waals surface area contributed by atoms with E-state index in [1.54, 1.807) is 16.3 Å². The Kier molecular flexibility index (Phi) is 5.98. The van der Waals surface area contributed by atoms with Gasteiger partial charge in [0.25, 0.3) is 5.56 Å². The number of benzene rings is 2. The molecule has 24 heavy (non-hydrogen) atoms. The molecule has 0 aliphatic rings. The lowest BCUT2D eigenvalue weighted by Crippen LogP contribution is -2.21. The Bertz CT molecular complexity index is 879. The van der Waals surface area contributed by atoms with Gasteiger partial charge >= 0.3 is 0 Å². The van der Waals surface area contributed by atoms with Crippen molar-refractivity contribution in [3.05, 3.63) is 97.3 Å². The Morgan fingerprint density at radius 3 is 2.08 bits per heavy atom. The van der Waals surface area contributed by atoms with Gasteiger partial charge in [-0.25, -0.2) is 0 Å². The van der Waals surface area contributed by atoms with Crippen molar-refractivity contribution in [2.75, 3.05) is 0 Å². The van der Waals surface area contributed by atoms with E-state index < -0.39 is 0 Å². The normalized spacial score (nSPS) is 10.8. The van der Waals surface area contributed by atoms with Gasteiger partial charge in [-0.15, -0.1) is 11.8 Å². The summed E-state index contributed by atoms with van der Waals surface area (Å²) in [6, 6.07) is 20.2. The van der Waals surface area contributed by atoms with Crippen molar-refractivity contribution in [2.24, 2.45) is 0 Å². The van der Waals surface area contributed by atoms with E-state index in [0.717, 1.165) is 20.7 Å². The highest BCUT2D eigenvalue weighted by atomic mass is 79.9. The smallest absolute Gasteiger partial charge is 0.266 e. The summed E-state index contributed by atoms with van der Waals surface area (Å²) in [5, 5.41) is 0. The van der Waals surface area contributed by atoms with Crippen LogP contribution in [-0.4, -0.2) is 4.57 Å². The second kappa shape index (κ2) is 8.19. The third-order valence-corrected chi connectivity index (χ3v) is 6.61. The summed E-state index contributed by atoms with van der Waals surface area (Å²) in [4.78, 5) is 13.6. The van der Waals surface area contributed by atoms with Crippen LogP contribution in [0, 0.1) is 0 Å². The van der Waals surface area contributed by atoms with Crippen LogP contribution in [0.4, 0.5) is 0 Å². The van der Waals surface area contributed by atoms with Crippen molar-refractivity contribution in [3.63, 3.8) is 0 Å². The van der Waals surface area contributed by atoms with E-state index in [1.165, 1.54) is 5.56 Å². The minimum Gasteiger partial charge on any atom is -0.309 e. The van der Waals surface area contributed by atoms with Crippen LogP contribution >= 0.6 is 43.6 Å². The first-order chi connectivity index (χ1) is 11.6. The number of pyridine rings is 1. The number of hydrogen-bond acceptors (Lipinski definition) is 2. The maximum absolute atomic E-state index is 12.6. The zero-order chi connectivity index (χ0) is 16.9. The zero-order valence-corrected chi connectivity index (χ0v) is 16.8. The van der Waals surface area contributed by atoms with Gasteiger partial charge in [0.05, 0.1) is 11.0 Å². The Morgan fingerprint density at radius 1 is 0.875 bits per heavy atom. The fourth-order valence-electron chi connectivity index (χ4n) is 2.34. The molecule has 0 spiro atoms. The molecule has 0 atom stereocenters. The number of nitrogens with zero attached hydrogens (tertiary/aromatic N) is 1. The molecular formula is C19H15Br2NOS. The highest BCUT2D eigenvalue weighted by Crippen LogP contribution is 2.34. The molecule has 0 aliphatic carbocycles. The molecule has 0 fully saturated rings. The molecule has 0 unspecified atom stereocenters. The number of aromatic nitrogens is 1. The first kappa shape index (κ1) is 17.5. The van der Waals surface area contributed by atoms with Crippen LogP contribution in [0.3, 0.4) is 0 Å². The summed E-state index contributed by atoms with van der Waals surface area (Å²) in [6.07, 6.45) is 1.87. The lowest BCUT2D eigenvalue weighted by molar-refractivity contribution is 0.743. The van der Waals surface area contributed by atoms with Crippen LogP contribution in [-0.2, 0) is 12.3 Å². The van der Waals surface area contributed by atoms with Crippen molar-refractivity contribution in [1.82, 2.24) is 4.57 Å². The van der Waals surface area contributed by atoms with Crippen molar-refractivity contribution in [1.29, 1.82) is 0 Å². The molecule has 0 radical (unpaired) electrons. The summed E-state index contributed by atoms with van der Waals surface area (Å²) < 4.78 is 3.25. The van der Waals surface area contributed by atoms with Crippen LogP contribution < -0.4 is 5.56 Å². The molecule has 3 rings (SSSR count). The van der Waals surface area contributed by atoms with Gasteiger partial charge in [0.2, 0.25) is 0 Å². The van der Waals surface area contributed by atoms with E-state index in [-0.39, 0.29) is 5.56 Å². The van der Waals surface area contributed by atoms with Gasteiger partial charge in [-0.2, -0.15) is 0 Å². The van der Waals surface area contributed by atoms with Gasteiger partial charge in [0, 0.05) is 21.3 Å². The van der Waals surface area contributed by atoms with E-state index in [2.05, 4.69) is 44.0 Å². The molecule has 0 saturated carbocycles. The minimum atomic E-state index is -0.0161. The molecule has 2 aromatic carbocycles. The summed E-state index contributed by atoms with van der Waals surface area (Å²) in [5.41, 5.74) is 2.32. The standard InChI is InChI=1S/C19H15Br2NOS/c20-16-12-22(11-14-7-3-1-4-8-14)19(23)17(21)18(16)24-13-15-9-5-2-6-10-15/h1-10,12H,11,13H2. The summed E-state index contributed by atoms with van der Waals surface area (Å²) >= 11 is 8.74. The molecule has 1 heterocycles. The molecule has 2 nitrogen and oxygen atoms in total. The summed E-state index contributed by atoms with van der Waals surface area (Å²) in [7, 11) is 0. The predicted molar refractivity (Wildman–Crippen MR) is 108 cm³/mol. The quantitative estimate of drug-likeness (QED) is 0.451. The Balaban J connectivity index is 1.84. The third-order valence-electron chi connectivity index (χ3n) is 3.56. The second-order valence-corrected chi connectivity index (χ2v) is 7.95. The maximum atomic E-state index is 12.6. The lowest BCUT2D eigenvalue weighted by Gasteiger charge is -2.12. The number of halogens is 2. The van der Waals surface area contributed by atoms with E-state index in [0.29, 0.717) is 11.0 Å². The largest absolute Gasteiger partial charge is 0.309 e. The first-order valence-corrected chi connectivity index (χ1v) is 10.0. The molecule has 0 bridgehead atoms. The van der Waals surface area contributed by atoms with E-state index in [9.17, 15) is 4.79 Å². The average molecular weight is 465 g/mol. The van der Waals surface area contributed by atoms with Gasteiger partial charge < -0.3 is 4.57 Å². The number of thioether (sulfide) groups is 1. The van der Waals surface area contributed by atoms with Crippen molar-refractivity contribution < 1.29 is 0 Å². The number of hydrogen-bond donors (Lipinski definition) is 0. The molecule has 122 valence electrons. The van der Waals surface area contributed by atoms with Crippen LogP contribution in [0.25, 0.3) is 0 Å².